The Morgan fingerprint density at radius 3 is 2.68 bits per heavy atom. The molecule has 1 aliphatic rings. The molecule has 0 saturated carbocycles. The third-order valence-electron chi connectivity index (χ3n) is 4.17. The molecule has 2 unspecified atom stereocenters. The number of ether oxygens (including phenoxy) is 1. The Labute approximate surface area is 116 Å². The Hall–Kier alpha value is -1.06. The largest absolute Gasteiger partial charge is 0.496 e. The average Bonchev–Trinajstić information content (AvgIpc) is 2.92. The Morgan fingerprint density at radius 2 is 2.16 bits per heavy atom. The van der Waals surface area contributed by atoms with Gasteiger partial charge in [-0.3, -0.25) is 0 Å². The van der Waals surface area contributed by atoms with Gasteiger partial charge in [-0.15, -0.1) is 0 Å². The van der Waals surface area contributed by atoms with Gasteiger partial charge in [0.2, 0.25) is 0 Å². The summed E-state index contributed by atoms with van der Waals surface area (Å²) < 4.78 is 5.40. The first kappa shape index (κ1) is 14.4. The number of hydrogen-bond donors (Lipinski definition) is 2. The molecule has 106 valence electrons. The second-order valence-electron chi connectivity index (χ2n) is 5.91. The van der Waals surface area contributed by atoms with Gasteiger partial charge in [0.25, 0.3) is 0 Å². The maximum absolute atomic E-state index is 10.9. The van der Waals surface area contributed by atoms with Crippen LogP contribution in [-0.2, 0) is 5.60 Å². The third-order valence-corrected chi connectivity index (χ3v) is 4.17. The molecule has 3 nitrogen and oxygen atoms in total. The van der Waals surface area contributed by atoms with Gasteiger partial charge in [0.1, 0.15) is 11.4 Å². The standard InChI is InChI=1S/C16H25NO2/c1-11(2)13-10-12(7-8-14(13)19-4)16(3,18)15-6-5-9-17-15/h7-8,10-11,15,17-18H,5-6,9H2,1-4H3. The van der Waals surface area contributed by atoms with Crippen LogP contribution in [0.15, 0.2) is 18.2 Å². The summed E-state index contributed by atoms with van der Waals surface area (Å²) in [6, 6.07) is 6.17. The minimum atomic E-state index is -0.827. The summed E-state index contributed by atoms with van der Waals surface area (Å²) in [5.74, 6) is 1.27. The van der Waals surface area contributed by atoms with E-state index in [2.05, 4.69) is 25.2 Å². The SMILES string of the molecule is COc1ccc(C(C)(O)C2CCCN2)cc1C(C)C. The van der Waals surface area contributed by atoms with E-state index in [0.717, 1.165) is 36.3 Å². The molecule has 0 aliphatic carbocycles. The highest BCUT2D eigenvalue weighted by atomic mass is 16.5. The molecule has 3 heteroatoms. The van der Waals surface area contributed by atoms with Crippen molar-refractivity contribution in [2.45, 2.75) is 51.2 Å². The first-order valence-corrected chi connectivity index (χ1v) is 7.11. The zero-order valence-corrected chi connectivity index (χ0v) is 12.4. The molecule has 1 saturated heterocycles. The lowest BCUT2D eigenvalue weighted by molar-refractivity contribution is 0.0217. The van der Waals surface area contributed by atoms with Crippen molar-refractivity contribution in [3.8, 4) is 5.75 Å². The predicted molar refractivity (Wildman–Crippen MR) is 77.7 cm³/mol. The van der Waals surface area contributed by atoms with Crippen LogP contribution in [0.25, 0.3) is 0 Å². The summed E-state index contributed by atoms with van der Waals surface area (Å²) in [5, 5.41) is 14.2. The first-order chi connectivity index (χ1) is 8.96. The second kappa shape index (κ2) is 5.51. The molecule has 1 fully saturated rings. The quantitative estimate of drug-likeness (QED) is 0.877. The zero-order valence-electron chi connectivity index (χ0n) is 12.4. The molecule has 0 aromatic heterocycles. The molecule has 19 heavy (non-hydrogen) atoms. The predicted octanol–water partition coefficient (Wildman–Crippen LogP) is 2.78. The zero-order chi connectivity index (χ0) is 14.0. The maximum atomic E-state index is 10.9. The molecule has 0 spiro atoms. The highest BCUT2D eigenvalue weighted by molar-refractivity contribution is 5.41. The number of rotatable bonds is 4. The fraction of sp³-hybridized carbons (Fsp3) is 0.625. The van der Waals surface area contributed by atoms with Gasteiger partial charge in [-0.05, 0) is 55.5 Å². The van der Waals surface area contributed by atoms with Gasteiger partial charge in [0.05, 0.1) is 7.11 Å². The van der Waals surface area contributed by atoms with Gasteiger partial charge in [-0.25, -0.2) is 0 Å². The Morgan fingerprint density at radius 1 is 1.42 bits per heavy atom. The molecule has 0 bridgehead atoms. The van der Waals surface area contributed by atoms with Crippen LogP contribution in [0.3, 0.4) is 0 Å². The van der Waals surface area contributed by atoms with Crippen LogP contribution in [0.2, 0.25) is 0 Å². The molecule has 2 N–H and O–H groups in total. The van der Waals surface area contributed by atoms with E-state index in [1.165, 1.54) is 0 Å². The van der Waals surface area contributed by atoms with Crippen molar-refractivity contribution >= 4 is 0 Å². The van der Waals surface area contributed by atoms with E-state index in [0.29, 0.717) is 5.92 Å². The summed E-state index contributed by atoms with van der Waals surface area (Å²) in [5.41, 5.74) is 1.29. The van der Waals surface area contributed by atoms with Crippen LogP contribution in [0.4, 0.5) is 0 Å². The topological polar surface area (TPSA) is 41.5 Å². The van der Waals surface area contributed by atoms with E-state index in [9.17, 15) is 5.11 Å². The van der Waals surface area contributed by atoms with E-state index in [1.807, 2.05) is 19.1 Å². The van der Waals surface area contributed by atoms with Crippen molar-refractivity contribution in [1.29, 1.82) is 0 Å². The molecule has 0 radical (unpaired) electrons. The van der Waals surface area contributed by atoms with Gasteiger partial charge in [0.15, 0.2) is 0 Å². The summed E-state index contributed by atoms with van der Waals surface area (Å²) in [7, 11) is 1.69. The number of aliphatic hydroxyl groups is 1. The molecular weight excluding hydrogens is 238 g/mol. The van der Waals surface area contributed by atoms with Gasteiger partial charge >= 0.3 is 0 Å². The van der Waals surface area contributed by atoms with Gasteiger partial charge in [-0.1, -0.05) is 19.9 Å². The van der Waals surface area contributed by atoms with Crippen LogP contribution in [0.5, 0.6) is 5.75 Å². The number of methoxy groups -OCH3 is 1. The van der Waals surface area contributed by atoms with Gasteiger partial charge in [0, 0.05) is 6.04 Å². The van der Waals surface area contributed by atoms with Crippen molar-refractivity contribution in [3.63, 3.8) is 0 Å². The van der Waals surface area contributed by atoms with Crippen molar-refractivity contribution in [2.24, 2.45) is 0 Å². The highest BCUT2D eigenvalue weighted by Gasteiger charge is 2.35. The Balaban J connectivity index is 2.36. The lowest BCUT2D eigenvalue weighted by Crippen LogP contribution is -2.42. The van der Waals surface area contributed by atoms with E-state index < -0.39 is 5.60 Å². The average molecular weight is 263 g/mol. The van der Waals surface area contributed by atoms with Gasteiger partial charge < -0.3 is 15.2 Å². The summed E-state index contributed by atoms with van der Waals surface area (Å²) in [4.78, 5) is 0. The minimum absolute atomic E-state index is 0.140. The fourth-order valence-corrected chi connectivity index (χ4v) is 2.87. The van der Waals surface area contributed by atoms with Crippen LogP contribution in [-0.4, -0.2) is 24.8 Å². The van der Waals surface area contributed by atoms with Crippen molar-refractivity contribution in [2.75, 3.05) is 13.7 Å². The van der Waals surface area contributed by atoms with E-state index >= 15 is 0 Å². The molecule has 2 rings (SSSR count). The smallest absolute Gasteiger partial charge is 0.122 e. The maximum Gasteiger partial charge on any atom is 0.122 e. The lowest BCUT2D eigenvalue weighted by Gasteiger charge is -2.31. The van der Waals surface area contributed by atoms with E-state index in [1.54, 1.807) is 7.11 Å². The number of benzene rings is 1. The normalized spacial score (nSPS) is 22.5. The molecule has 1 aromatic carbocycles. The Kier molecular flexibility index (Phi) is 4.16. The van der Waals surface area contributed by atoms with Crippen LogP contribution in [0, 0.1) is 0 Å². The molecular formula is C16H25NO2. The first-order valence-electron chi connectivity index (χ1n) is 7.11. The molecule has 1 aliphatic heterocycles. The van der Waals surface area contributed by atoms with Gasteiger partial charge in [-0.2, -0.15) is 0 Å². The molecule has 1 aromatic rings. The van der Waals surface area contributed by atoms with Crippen LogP contribution >= 0.6 is 0 Å². The van der Waals surface area contributed by atoms with Crippen molar-refractivity contribution in [3.05, 3.63) is 29.3 Å². The second-order valence-corrected chi connectivity index (χ2v) is 5.91. The molecule has 2 atom stereocenters. The van der Waals surface area contributed by atoms with E-state index in [-0.39, 0.29) is 6.04 Å². The summed E-state index contributed by atoms with van der Waals surface area (Å²) in [6.45, 7) is 7.18. The van der Waals surface area contributed by atoms with E-state index in [4.69, 9.17) is 4.74 Å². The van der Waals surface area contributed by atoms with Crippen LogP contribution in [0.1, 0.15) is 50.7 Å². The summed E-state index contributed by atoms with van der Waals surface area (Å²) in [6.07, 6.45) is 2.16. The Bertz CT molecular complexity index is 434. The monoisotopic (exact) mass is 263 g/mol. The number of hydrogen-bond acceptors (Lipinski definition) is 3. The van der Waals surface area contributed by atoms with Crippen molar-refractivity contribution in [1.82, 2.24) is 5.32 Å². The van der Waals surface area contributed by atoms with Crippen molar-refractivity contribution < 1.29 is 9.84 Å². The number of nitrogens with one attached hydrogen (secondary N) is 1. The molecule has 1 heterocycles. The minimum Gasteiger partial charge on any atom is -0.496 e. The highest BCUT2D eigenvalue weighted by Crippen LogP contribution is 2.34. The third kappa shape index (κ3) is 2.77. The lowest BCUT2D eigenvalue weighted by atomic mass is 9.85. The summed E-state index contributed by atoms with van der Waals surface area (Å²) >= 11 is 0. The molecule has 0 amide bonds. The van der Waals surface area contributed by atoms with Crippen LogP contribution < -0.4 is 10.1 Å². The fourth-order valence-electron chi connectivity index (χ4n) is 2.87.